The predicted molar refractivity (Wildman–Crippen MR) is 115 cm³/mol. The van der Waals surface area contributed by atoms with E-state index < -0.39 is 0 Å². The SMILES string of the molecule is CCCCCCCCC(=O)[C@@H]1[C@@H](C2=CCC(Cl)C=C2)N1C(=O)c1ccccc1. The Bertz CT molecular complexity index is 740. The van der Waals surface area contributed by atoms with Gasteiger partial charge in [0.05, 0.1) is 11.4 Å². The summed E-state index contributed by atoms with van der Waals surface area (Å²) in [5.41, 5.74) is 1.68. The Morgan fingerprint density at radius 1 is 1.07 bits per heavy atom. The van der Waals surface area contributed by atoms with Crippen molar-refractivity contribution in [3.63, 3.8) is 0 Å². The monoisotopic (exact) mass is 399 g/mol. The zero-order chi connectivity index (χ0) is 19.9. The van der Waals surface area contributed by atoms with Gasteiger partial charge in [-0.25, -0.2) is 0 Å². The Morgan fingerprint density at radius 3 is 2.46 bits per heavy atom. The topological polar surface area (TPSA) is 37.1 Å². The van der Waals surface area contributed by atoms with Crippen molar-refractivity contribution in [3.05, 3.63) is 59.7 Å². The van der Waals surface area contributed by atoms with Crippen molar-refractivity contribution >= 4 is 23.3 Å². The summed E-state index contributed by atoms with van der Waals surface area (Å²) >= 11 is 6.14. The van der Waals surface area contributed by atoms with Gasteiger partial charge >= 0.3 is 0 Å². The summed E-state index contributed by atoms with van der Waals surface area (Å²) < 4.78 is 0. The van der Waals surface area contributed by atoms with Gasteiger partial charge < -0.3 is 4.90 Å². The van der Waals surface area contributed by atoms with Gasteiger partial charge in [-0.3, -0.25) is 9.59 Å². The fourth-order valence-electron chi connectivity index (χ4n) is 3.95. The fraction of sp³-hybridized carbons (Fsp3) is 0.500. The number of halogens is 1. The van der Waals surface area contributed by atoms with Crippen molar-refractivity contribution < 1.29 is 9.59 Å². The number of carbonyl (C=O) groups excluding carboxylic acids is 2. The number of hydrogen-bond donors (Lipinski definition) is 0. The van der Waals surface area contributed by atoms with E-state index in [1.54, 1.807) is 4.90 Å². The molecule has 0 aromatic heterocycles. The lowest BCUT2D eigenvalue weighted by atomic mass is 9.99. The number of Topliss-reactive ketones (excluding diaryl/α,β-unsaturated/α-hetero) is 1. The number of unbranched alkanes of at least 4 members (excludes halogenated alkanes) is 5. The second-order valence-electron chi connectivity index (χ2n) is 7.77. The van der Waals surface area contributed by atoms with Crippen LogP contribution in [0.2, 0.25) is 0 Å². The van der Waals surface area contributed by atoms with Crippen LogP contribution in [-0.2, 0) is 4.79 Å². The number of hydrogen-bond acceptors (Lipinski definition) is 2. The molecule has 2 aliphatic rings. The maximum Gasteiger partial charge on any atom is 0.255 e. The number of ketones is 1. The molecule has 3 nitrogen and oxygen atoms in total. The highest BCUT2D eigenvalue weighted by molar-refractivity contribution is 6.22. The molecule has 1 fully saturated rings. The predicted octanol–water partition coefficient (Wildman–Crippen LogP) is 5.69. The highest BCUT2D eigenvalue weighted by Crippen LogP contribution is 2.39. The highest BCUT2D eigenvalue weighted by Gasteiger charge is 2.56. The highest BCUT2D eigenvalue weighted by atomic mass is 35.5. The minimum absolute atomic E-state index is 0.00181. The zero-order valence-electron chi connectivity index (χ0n) is 16.6. The van der Waals surface area contributed by atoms with Crippen LogP contribution in [0.1, 0.15) is 68.6 Å². The average Bonchev–Trinajstić information content (AvgIpc) is 3.47. The van der Waals surface area contributed by atoms with Crippen LogP contribution in [0.4, 0.5) is 0 Å². The molecule has 0 radical (unpaired) electrons. The quantitative estimate of drug-likeness (QED) is 0.288. The Balaban J connectivity index is 1.63. The summed E-state index contributed by atoms with van der Waals surface area (Å²) in [4.78, 5) is 27.6. The first-order chi connectivity index (χ1) is 13.6. The summed E-state index contributed by atoms with van der Waals surface area (Å²) in [7, 11) is 0. The van der Waals surface area contributed by atoms with E-state index in [4.69, 9.17) is 11.6 Å². The minimum atomic E-state index is -0.328. The van der Waals surface area contributed by atoms with Gasteiger partial charge in [-0.05, 0) is 30.5 Å². The molecular weight excluding hydrogens is 370 g/mol. The van der Waals surface area contributed by atoms with Gasteiger partial charge in [0.15, 0.2) is 5.78 Å². The van der Waals surface area contributed by atoms with E-state index in [-0.39, 0.29) is 29.2 Å². The lowest BCUT2D eigenvalue weighted by Gasteiger charge is -2.10. The summed E-state index contributed by atoms with van der Waals surface area (Å²) in [5.74, 6) is 0.126. The Labute approximate surface area is 173 Å². The lowest BCUT2D eigenvalue weighted by Crippen LogP contribution is -2.19. The molecule has 3 atom stereocenters. The van der Waals surface area contributed by atoms with E-state index >= 15 is 0 Å². The van der Waals surface area contributed by atoms with Gasteiger partial charge in [0.2, 0.25) is 0 Å². The molecule has 0 N–H and O–H groups in total. The van der Waals surface area contributed by atoms with Crippen molar-refractivity contribution in [2.24, 2.45) is 0 Å². The summed E-state index contributed by atoms with van der Waals surface area (Å²) in [6, 6.07) is 8.77. The lowest BCUT2D eigenvalue weighted by molar-refractivity contribution is -0.119. The third kappa shape index (κ3) is 5.14. The number of allylic oxidation sites excluding steroid dienone is 2. The van der Waals surface area contributed by atoms with Gasteiger partial charge in [0, 0.05) is 12.0 Å². The second kappa shape index (κ2) is 10.1. The maximum atomic E-state index is 13.0. The molecule has 1 amide bonds. The molecule has 4 heteroatoms. The van der Waals surface area contributed by atoms with E-state index in [2.05, 4.69) is 13.0 Å². The third-order valence-corrected chi connectivity index (χ3v) is 5.91. The Hall–Kier alpha value is -1.87. The van der Waals surface area contributed by atoms with Crippen LogP contribution >= 0.6 is 11.6 Å². The molecule has 1 aliphatic carbocycles. The average molecular weight is 400 g/mol. The molecule has 1 aromatic carbocycles. The van der Waals surface area contributed by atoms with Crippen LogP contribution in [0.15, 0.2) is 54.1 Å². The minimum Gasteiger partial charge on any atom is -0.317 e. The molecule has 0 saturated carbocycles. The van der Waals surface area contributed by atoms with Crippen LogP contribution in [-0.4, -0.2) is 34.1 Å². The number of rotatable bonds is 10. The van der Waals surface area contributed by atoms with Crippen LogP contribution in [0.25, 0.3) is 0 Å². The van der Waals surface area contributed by atoms with E-state index in [0.29, 0.717) is 12.0 Å². The molecule has 150 valence electrons. The Kier molecular flexibility index (Phi) is 7.50. The first-order valence-corrected chi connectivity index (χ1v) is 11.0. The van der Waals surface area contributed by atoms with Crippen molar-refractivity contribution in [1.82, 2.24) is 4.90 Å². The molecule has 28 heavy (non-hydrogen) atoms. The smallest absolute Gasteiger partial charge is 0.255 e. The zero-order valence-corrected chi connectivity index (χ0v) is 17.4. The van der Waals surface area contributed by atoms with Gasteiger partial charge in [-0.15, -0.1) is 11.6 Å². The molecule has 0 bridgehead atoms. The van der Waals surface area contributed by atoms with Crippen LogP contribution in [0.3, 0.4) is 0 Å². The molecule has 3 rings (SSSR count). The molecule has 1 aromatic rings. The molecule has 1 heterocycles. The number of nitrogens with zero attached hydrogens (tertiary/aromatic N) is 1. The molecule has 1 aliphatic heterocycles. The first kappa shape index (κ1) is 20.9. The molecular formula is C24H30ClNO2. The number of alkyl halides is 1. The molecule has 0 spiro atoms. The van der Waals surface area contributed by atoms with Crippen LogP contribution in [0.5, 0.6) is 0 Å². The van der Waals surface area contributed by atoms with E-state index in [1.807, 2.05) is 42.5 Å². The molecule has 1 saturated heterocycles. The third-order valence-electron chi connectivity index (χ3n) is 5.59. The standard InChI is InChI=1S/C24H30ClNO2/c1-2-3-4-5-6-10-13-21(27)23-22(18-14-16-20(25)17-15-18)26(23)24(28)19-11-8-7-9-12-19/h7-9,11-12,14-16,20,22-23H,2-6,10,13,17H2,1H3/t20?,22-,23-,26?/m1/s1. The van der Waals surface area contributed by atoms with Crippen molar-refractivity contribution in [2.75, 3.05) is 0 Å². The largest absolute Gasteiger partial charge is 0.317 e. The van der Waals surface area contributed by atoms with Gasteiger partial charge in [-0.2, -0.15) is 0 Å². The van der Waals surface area contributed by atoms with Gasteiger partial charge in [0.25, 0.3) is 5.91 Å². The number of carbonyl (C=O) groups is 2. The fourth-order valence-corrected chi connectivity index (χ4v) is 4.11. The molecule has 1 unspecified atom stereocenters. The van der Waals surface area contributed by atoms with E-state index in [1.165, 1.54) is 25.7 Å². The Morgan fingerprint density at radius 2 is 1.79 bits per heavy atom. The van der Waals surface area contributed by atoms with Gasteiger partial charge in [0.1, 0.15) is 6.04 Å². The van der Waals surface area contributed by atoms with Crippen LogP contribution in [0, 0.1) is 0 Å². The first-order valence-electron chi connectivity index (χ1n) is 10.6. The van der Waals surface area contributed by atoms with Crippen molar-refractivity contribution in [3.8, 4) is 0 Å². The summed E-state index contributed by atoms with van der Waals surface area (Å²) in [6.45, 7) is 2.20. The van der Waals surface area contributed by atoms with E-state index in [0.717, 1.165) is 24.8 Å². The normalized spacial score (nSPS) is 23.4. The van der Waals surface area contributed by atoms with Crippen molar-refractivity contribution in [1.29, 1.82) is 0 Å². The second-order valence-corrected chi connectivity index (χ2v) is 8.33. The maximum absolute atomic E-state index is 13.0. The number of amides is 1. The van der Waals surface area contributed by atoms with E-state index in [9.17, 15) is 9.59 Å². The van der Waals surface area contributed by atoms with Gasteiger partial charge in [-0.1, -0.05) is 75.5 Å². The summed E-state index contributed by atoms with van der Waals surface area (Å²) in [6.07, 6.45) is 14.2. The van der Waals surface area contributed by atoms with Crippen LogP contribution < -0.4 is 0 Å². The number of benzene rings is 1. The summed E-state index contributed by atoms with van der Waals surface area (Å²) in [5, 5.41) is -0.00181. The van der Waals surface area contributed by atoms with Crippen molar-refractivity contribution in [2.45, 2.75) is 75.8 Å².